The first kappa shape index (κ1) is 18.4. The molecule has 1 aliphatic heterocycles. The van der Waals surface area contributed by atoms with Crippen molar-refractivity contribution in [2.75, 3.05) is 20.8 Å². The first-order valence-electron chi connectivity index (χ1n) is 7.80. The Kier molecular flexibility index (Phi) is 6.05. The molecule has 1 aromatic carbocycles. The molecular formula is C18H22N2O5. The van der Waals surface area contributed by atoms with Gasteiger partial charge < -0.3 is 24.8 Å². The van der Waals surface area contributed by atoms with Crippen LogP contribution in [0.3, 0.4) is 0 Å². The van der Waals surface area contributed by atoms with E-state index in [1.807, 2.05) is 6.92 Å². The minimum absolute atomic E-state index is 0.155. The van der Waals surface area contributed by atoms with Crippen LogP contribution in [0.5, 0.6) is 11.5 Å². The van der Waals surface area contributed by atoms with Crippen molar-refractivity contribution in [3.05, 3.63) is 47.2 Å². The lowest BCUT2D eigenvalue weighted by atomic mass is 9.94. The van der Waals surface area contributed by atoms with Gasteiger partial charge in [0, 0.05) is 11.3 Å². The van der Waals surface area contributed by atoms with E-state index in [4.69, 9.17) is 14.2 Å². The van der Waals surface area contributed by atoms with Crippen LogP contribution in [0.2, 0.25) is 0 Å². The molecule has 0 unspecified atom stereocenters. The summed E-state index contributed by atoms with van der Waals surface area (Å²) < 4.78 is 15.9. The number of carbonyl (C=O) groups is 2. The van der Waals surface area contributed by atoms with Gasteiger partial charge >= 0.3 is 12.0 Å². The third kappa shape index (κ3) is 4.12. The van der Waals surface area contributed by atoms with E-state index in [9.17, 15) is 9.59 Å². The molecule has 0 aliphatic carbocycles. The summed E-state index contributed by atoms with van der Waals surface area (Å²) in [6, 6.07) is 4.07. The second kappa shape index (κ2) is 8.23. The second-order valence-electron chi connectivity index (χ2n) is 5.35. The van der Waals surface area contributed by atoms with Crippen molar-refractivity contribution in [1.29, 1.82) is 0 Å². The molecular weight excluding hydrogens is 324 g/mol. The molecule has 0 spiro atoms. The Balaban J connectivity index is 2.47. The van der Waals surface area contributed by atoms with E-state index in [1.165, 1.54) is 7.11 Å². The van der Waals surface area contributed by atoms with Crippen LogP contribution in [0.4, 0.5) is 4.79 Å². The number of benzene rings is 1. The maximum atomic E-state index is 12.6. The van der Waals surface area contributed by atoms with Crippen molar-refractivity contribution in [2.45, 2.75) is 19.9 Å². The number of rotatable bonds is 6. The minimum atomic E-state index is -0.711. The molecule has 1 heterocycles. The predicted octanol–water partition coefficient (Wildman–Crippen LogP) is 2.45. The van der Waals surface area contributed by atoms with E-state index in [0.29, 0.717) is 28.3 Å². The number of ether oxygens (including phenoxy) is 3. The van der Waals surface area contributed by atoms with Gasteiger partial charge in [0.05, 0.1) is 25.8 Å². The van der Waals surface area contributed by atoms with Crippen LogP contribution in [0.25, 0.3) is 0 Å². The van der Waals surface area contributed by atoms with Gasteiger partial charge in [0.25, 0.3) is 0 Å². The average Bonchev–Trinajstić information content (AvgIpc) is 2.60. The van der Waals surface area contributed by atoms with Crippen LogP contribution >= 0.6 is 0 Å². The summed E-state index contributed by atoms with van der Waals surface area (Å²) in [7, 11) is 3.06. The normalized spacial score (nSPS) is 17.1. The van der Waals surface area contributed by atoms with E-state index < -0.39 is 18.0 Å². The Morgan fingerprint density at radius 3 is 2.68 bits per heavy atom. The summed E-state index contributed by atoms with van der Waals surface area (Å²) in [5.41, 5.74) is 1.36. The fourth-order valence-corrected chi connectivity index (χ4v) is 2.56. The van der Waals surface area contributed by atoms with Gasteiger partial charge in [-0.1, -0.05) is 12.2 Å². The fraction of sp³-hybridized carbons (Fsp3) is 0.333. The first-order chi connectivity index (χ1) is 12.0. The van der Waals surface area contributed by atoms with Crippen LogP contribution in [-0.2, 0) is 9.53 Å². The molecule has 0 radical (unpaired) electrons. The quantitative estimate of drug-likeness (QED) is 0.610. The number of hydrogen-bond acceptors (Lipinski definition) is 5. The maximum absolute atomic E-state index is 12.6. The topological polar surface area (TPSA) is 85.9 Å². The lowest BCUT2D eigenvalue weighted by molar-refractivity contribution is -0.138. The van der Waals surface area contributed by atoms with E-state index in [0.717, 1.165) is 0 Å². The van der Waals surface area contributed by atoms with Crippen molar-refractivity contribution in [3.63, 3.8) is 0 Å². The number of allylic oxidation sites excluding steroid dienone is 2. The molecule has 7 heteroatoms. The van der Waals surface area contributed by atoms with Gasteiger partial charge in [0.1, 0.15) is 18.1 Å². The standard InChI is InChI=1S/C18H22N2O5/c1-5-6-9-25-17(21)15-11(2)19-18(22)20-16(15)13-10-12(23-3)7-8-14(13)24-4/h5-8,10,16H,9H2,1-4H3,(H2,19,20,22)/b6-5+/t16-/m0/s1. The molecule has 134 valence electrons. The van der Waals surface area contributed by atoms with Crippen molar-refractivity contribution in [1.82, 2.24) is 10.6 Å². The lowest BCUT2D eigenvalue weighted by Crippen LogP contribution is -2.45. The highest BCUT2D eigenvalue weighted by Crippen LogP contribution is 2.35. The molecule has 2 N–H and O–H groups in total. The molecule has 0 fully saturated rings. The number of nitrogens with one attached hydrogen (secondary N) is 2. The maximum Gasteiger partial charge on any atom is 0.338 e. The number of amides is 2. The van der Waals surface area contributed by atoms with Crippen molar-refractivity contribution >= 4 is 12.0 Å². The first-order valence-corrected chi connectivity index (χ1v) is 7.80. The largest absolute Gasteiger partial charge is 0.497 e. The van der Waals surface area contributed by atoms with Gasteiger partial charge in [-0.05, 0) is 32.0 Å². The van der Waals surface area contributed by atoms with Gasteiger partial charge in [0.15, 0.2) is 0 Å². The summed E-state index contributed by atoms with van der Waals surface area (Å²) >= 11 is 0. The third-order valence-corrected chi connectivity index (χ3v) is 3.78. The highest BCUT2D eigenvalue weighted by Gasteiger charge is 2.34. The molecule has 1 aliphatic rings. The van der Waals surface area contributed by atoms with Crippen molar-refractivity contribution < 1.29 is 23.8 Å². The number of hydrogen-bond donors (Lipinski definition) is 2. The molecule has 1 aromatic rings. The Hall–Kier alpha value is -2.96. The summed E-state index contributed by atoms with van der Waals surface area (Å²) in [5, 5.41) is 5.35. The van der Waals surface area contributed by atoms with E-state index in [-0.39, 0.29) is 6.61 Å². The van der Waals surface area contributed by atoms with E-state index in [2.05, 4.69) is 10.6 Å². The summed E-state index contributed by atoms with van der Waals surface area (Å²) in [4.78, 5) is 24.5. The van der Waals surface area contributed by atoms with E-state index in [1.54, 1.807) is 44.4 Å². The lowest BCUT2D eigenvalue weighted by Gasteiger charge is -2.29. The smallest absolute Gasteiger partial charge is 0.338 e. The van der Waals surface area contributed by atoms with Gasteiger partial charge in [-0.3, -0.25) is 0 Å². The van der Waals surface area contributed by atoms with Crippen LogP contribution in [0, 0.1) is 0 Å². The number of methoxy groups -OCH3 is 2. The Labute approximate surface area is 146 Å². The van der Waals surface area contributed by atoms with Gasteiger partial charge in [-0.2, -0.15) is 0 Å². The molecule has 2 rings (SSSR count). The number of urea groups is 1. The summed E-state index contributed by atoms with van der Waals surface area (Å²) in [6.45, 7) is 3.65. The Morgan fingerprint density at radius 1 is 1.28 bits per heavy atom. The predicted molar refractivity (Wildman–Crippen MR) is 92.4 cm³/mol. The SMILES string of the molecule is C/C=C/COC(=O)C1=C(C)NC(=O)N[C@H]1c1cc(OC)ccc1OC. The molecule has 0 bridgehead atoms. The molecule has 2 amide bonds. The Morgan fingerprint density at radius 2 is 2.04 bits per heavy atom. The molecule has 0 saturated heterocycles. The highest BCUT2D eigenvalue weighted by molar-refractivity contribution is 5.95. The monoisotopic (exact) mass is 346 g/mol. The molecule has 7 nitrogen and oxygen atoms in total. The van der Waals surface area contributed by atoms with Gasteiger partial charge in [-0.15, -0.1) is 0 Å². The zero-order valence-corrected chi connectivity index (χ0v) is 14.7. The molecule has 25 heavy (non-hydrogen) atoms. The Bertz CT molecular complexity index is 724. The van der Waals surface area contributed by atoms with Crippen molar-refractivity contribution in [3.8, 4) is 11.5 Å². The highest BCUT2D eigenvalue weighted by atomic mass is 16.5. The molecule has 0 saturated carbocycles. The minimum Gasteiger partial charge on any atom is -0.497 e. The zero-order chi connectivity index (χ0) is 18.4. The molecule has 1 atom stereocenters. The number of esters is 1. The average molecular weight is 346 g/mol. The van der Waals surface area contributed by atoms with Gasteiger partial charge in [0.2, 0.25) is 0 Å². The van der Waals surface area contributed by atoms with Crippen LogP contribution in [0.1, 0.15) is 25.5 Å². The van der Waals surface area contributed by atoms with Crippen molar-refractivity contribution in [2.24, 2.45) is 0 Å². The van der Waals surface area contributed by atoms with E-state index >= 15 is 0 Å². The fourth-order valence-electron chi connectivity index (χ4n) is 2.56. The summed E-state index contributed by atoms with van der Waals surface area (Å²) in [5.74, 6) is 0.598. The number of carbonyl (C=O) groups excluding carboxylic acids is 2. The second-order valence-corrected chi connectivity index (χ2v) is 5.35. The van der Waals surface area contributed by atoms with Crippen LogP contribution in [-0.4, -0.2) is 32.8 Å². The zero-order valence-electron chi connectivity index (χ0n) is 14.7. The molecule has 0 aromatic heterocycles. The summed E-state index contributed by atoms with van der Waals surface area (Å²) in [6.07, 6.45) is 3.52. The third-order valence-electron chi connectivity index (χ3n) is 3.78. The van der Waals surface area contributed by atoms with Crippen LogP contribution in [0.15, 0.2) is 41.6 Å². The van der Waals surface area contributed by atoms with Gasteiger partial charge in [-0.25, -0.2) is 9.59 Å². The van der Waals surface area contributed by atoms with Crippen LogP contribution < -0.4 is 20.1 Å².